The molecule has 0 saturated carbocycles. The Kier molecular flexibility index (Phi) is 4.63. The summed E-state index contributed by atoms with van der Waals surface area (Å²) in [7, 11) is 3.88. The number of hydrogen-bond donors (Lipinski definition) is 1. The molecule has 124 valence electrons. The fourth-order valence-corrected chi connectivity index (χ4v) is 3.03. The molecule has 23 heavy (non-hydrogen) atoms. The summed E-state index contributed by atoms with van der Waals surface area (Å²) in [4.78, 5) is 4.66. The summed E-state index contributed by atoms with van der Waals surface area (Å²) >= 11 is 5.54. The lowest BCUT2D eigenvalue weighted by Gasteiger charge is -2.36. The Hall–Kier alpha value is -1.93. The summed E-state index contributed by atoms with van der Waals surface area (Å²) in [6.45, 7) is 6.86. The van der Waals surface area contributed by atoms with E-state index in [1.54, 1.807) is 0 Å². The fraction of sp³-hybridized carbons (Fsp3) is 0.533. The van der Waals surface area contributed by atoms with Gasteiger partial charge in [0.2, 0.25) is 0 Å². The molecule has 1 fully saturated rings. The third-order valence-corrected chi connectivity index (χ3v) is 4.66. The van der Waals surface area contributed by atoms with Crippen molar-refractivity contribution in [3.05, 3.63) is 29.8 Å². The standard InChI is InChI=1S/C15H23N7S/c1-12-14(9-17-20(12)3)18-15(23)22-6-4-21(5-7-22)11-13-8-16-19(2)10-13/h8-10H,4-7,11H2,1-3H3,(H,18,23). The van der Waals surface area contributed by atoms with Crippen molar-refractivity contribution < 1.29 is 0 Å². The molecule has 0 aliphatic carbocycles. The van der Waals surface area contributed by atoms with E-state index in [0.717, 1.165) is 49.2 Å². The zero-order valence-corrected chi connectivity index (χ0v) is 14.7. The van der Waals surface area contributed by atoms with Crippen LogP contribution in [0.5, 0.6) is 0 Å². The zero-order chi connectivity index (χ0) is 16.4. The monoisotopic (exact) mass is 333 g/mol. The number of rotatable bonds is 3. The molecule has 1 saturated heterocycles. The molecule has 8 heteroatoms. The van der Waals surface area contributed by atoms with Gasteiger partial charge in [0, 0.05) is 58.6 Å². The van der Waals surface area contributed by atoms with Crippen LogP contribution in [-0.4, -0.2) is 60.7 Å². The summed E-state index contributed by atoms with van der Waals surface area (Å²) in [6, 6.07) is 0. The summed E-state index contributed by atoms with van der Waals surface area (Å²) in [6.07, 6.45) is 5.83. The number of thiocarbonyl (C=S) groups is 1. The molecule has 3 heterocycles. The van der Waals surface area contributed by atoms with Gasteiger partial charge in [-0.1, -0.05) is 0 Å². The highest BCUT2D eigenvalue weighted by Crippen LogP contribution is 2.14. The van der Waals surface area contributed by atoms with E-state index in [-0.39, 0.29) is 0 Å². The van der Waals surface area contributed by atoms with Crippen LogP contribution in [0.2, 0.25) is 0 Å². The largest absolute Gasteiger partial charge is 0.346 e. The van der Waals surface area contributed by atoms with E-state index in [2.05, 4.69) is 31.5 Å². The van der Waals surface area contributed by atoms with Crippen LogP contribution in [-0.2, 0) is 20.6 Å². The van der Waals surface area contributed by atoms with Crippen LogP contribution < -0.4 is 5.32 Å². The van der Waals surface area contributed by atoms with Gasteiger partial charge in [-0.2, -0.15) is 10.2 Å². The second kappa shape index (κ2) is 6.67. The van der Waals surface area contributed by atoms with Crippen molar-refractivity contribution >= 4 is 23.0 Å². The molecule has 7 nitrogen and oxygen atoms in total. The van der Waals surface area contributed by atoms with Crippen molar-refractivity contribution in [1.29, 1.82) is 0 Å². The number of aryl methyl sites for hydroxylation is 2. The Morgan fingerprint density at radius 1 is 1.17 bits per heavy atom. The lowest BCUT2D eigenvalue weighted by atomic mass is 10.2. The van der Waals surface area contributed by atoms with Crippen molar-refractivity contribution in [2.45, 2.75) is 13.5 Å². The van der Waals surface area contributed by atoms with Gasteiger partial charge < -0.3 is 10.2 Å². The van der Waals surface area contributed by atoms with E-state index >= 15 is 0 Å². The third kappa shape index (κ3) is 3.70. The lowest BCUT2D eigenvalue weighted by Crippen LogP contribution is -2.49. The van der Waals surface area contributed by atoms with Crippen molar-refractivity contribution in [2.24, 2.45) is 14.1 Å². The van der Waals surface area contributed by atoms with Crippen molar-refractivity contribution in [2.75, 3.05) is 31.5 Å². The van der Waals surface area contributed by atoms with Crippen LogP contribution in [0.15, 0.2) is 18.6 Å². The molecule has 0 spiro atoms. The minimum atomic E-state index is 0.780. The van der Waals surface area contributed by atoms with Crippen LogP contribution >= 0.6 is 12.2 Å². The molecule has 2 aromatic rings. The zero-order valence-electron chi connectivity index (χ0n) is 13.9. The van der Waals surface area contributed by atoms with Gasteiger partial charge in [0.05, 0.1) is 23.8 Å². The summed E-state index contributed by atoms with van der Waals surface area (Å²) in [5.41, 5.74) is 3.32. The maximum absolute atomic E-state index is 5.54. The molecule has 0 atom stereocenters. The lowest BCUT2D eigenvalue weighted by molar-refractivity contribution is 0.177. The number of nitrogens with one attached hydrogen (secondary N) is 1. The van der Waals surface area contributed by atoms with Crippen LogP contribution in [0.4, 0.5) is 5.69 Å². The van der Waals surface area contributed by atoms with Crippen molar-refractivity contribution in [3.63, 3.8) is 0 Å². The first kappa shape index (κ1) is 15.9. The Labute approximate surface area is 141 Å². The average molecular weight is 333 g/mol. The number of hydrogen-bond acceptors (Lipinski definition) is 4. The van der Waals surface area contributed by atoms with Crippen LogP contribution in [0.25, 0.3) is 0 Å². The molecule has 0 aromatic carbocycles. The van der Waals surface area contributed by atoms with Gasteiger partial charge in [0.25, 0.3) is 0 Å². The van der Waals surface area contributed by atoms with Gasteiger partial charge in [-0.3, -0.25) is 14.3 Å². The highest BCUT2D eigenvalue weighted by atomic mass is 32.1. The third-order valence-electron chi connectivity index (χ3n) is 4.30. The predicted molar refractivity (Wildman–Crippen MR) is 94.2 cm³/mol. The number of nitrogens with zero attached hydrogens (tertiary/aromatic N) is 6. The minimum absolute atomic E-state index is 0.780. The Morgan fingerprint density at radius 2 is 1.91 bits per heavy atom. The SMILES string of the molecule is Cc1c(NC(=S)N2CCN(Cc3cnn(C)c3)CC2)cnn1C. The van der Waals surface area contributed by atoms with E-state index < -0.39 is 0 Å². The molecule has 1 N–H and O–H groups in total. The maximum Gasteiger partial charge on any atom is 0.173 e. The molecule has 3 rings (SSSR count). The van der Waals surface area contributed by atoms with E-state index in [1.807, 2.05) is 42.8 Å². The van der Waals surface area contributed by atoms with Gasteiger partial charge in [-0.05, 0) is 19.1 Å². The van der Waals surface area contributed by atoms with Gasteiger partial charge >= 0.3 is 0 Å². The second-order valence-electron chi connectivity index (χ2n) is 5.98. The van der Waals surface area contributed by atoms with Crippen LogP contribution in [0.3, 0.4) is 0 Å². The van der Waals surface area contributed by atoms with Gasteiger partial charge in [0.1, 0.15) is 0 Å². The highest BCUT2D eigenvalue weighted by Gasteiger charge is 2.20. The maximum atomic E-state index is 5.54. The molecular weight excluding hydrogens is 310 g/mol. The molecule has 1 aliphatic heterocycles. The van der Waals surface area contributed by atoms with Gasteiger partial charge in [0.15, 0.2) is 5.11 Å². The number of aromatic nitrogens is 4. The quantitative estimate of drug-likeness (QED) is 0.845. The fourth-order valence-electron chi connectivity index (χ4n) is 2.74. The first-order valence-electron chi connectivity index (χ1n) is 7.77. The molecule has 1 aliphatic rings. The Bertz CT molecular complexity index is 682. The van der Waals surface area contributed by atoms with E-state index in [9.17, 15) is 0 Å². The first-order chi connectivity index (χ1) is 11.0. The first-order valence-corrected chi connectivity index (χ1v) is 8.18. The van der Waals surface area contributed by atoms with Crippen LogP contribution in [0, 0.1) is 6.92 Å². The molecule has 2 aromatic heterocycles. The van der Waals surface area contributed by atoms with Crippen LogP contribution in [0.1, 0.15) is 11.3 Å². The smallest absolute Gasteiger partial charge is 0.173 e. The summed E-state index contributed by atoms with van der Waals surface area (Å²) < 4.78 is 3.69. The second-order valence-corrected chi connectivity index (χ2v) is 6.37. The molecule has 0 bridgehead atoms. The molecular formula is C15H23N7S. The van der Waals surface area contributed by atoms with Gasteiger partial charge in [-0.15, -0.1) is 0 Å². The number of anilines is 1. The molecule has 0 unspecified atom stereocenters. The summed E-state index contributed by atoms with van der Waals surface area (Å²) in [5, 5.41) is 12.5. The number of piperazine rings is 1. The minimum Gasteiger partial charge on any atom is -0.346 e. The average Bonchev–Trinajstić information content (AvgIpc) is 3.08. The van der Waals surface area contributed by atoms with E-state index in [1.165, 1.54) is 5.56 Å². The topological polar surface area (TPSA) is 54.1 Å². The summed E-state index contributed by atoms with van der Waals surface area (Å²) in [5.74, 6) is 0. The van der Waals surface area contributed by atoms with E-state index in [4.69, 9.17) is 12.2 Å². The van der Waals surface area contributed by atoms with Gasteiger partial charge in [-0.25, -0.2) is 0 Å². The Balaban J connectivity index is 1.50. The molecule has 0 radical (unpaired) electrons. The van der Waals surface area contributed by atoms with Crippen molar-refractivity contribution in [3.8, 4) is 0 Å². The normalized spacial score (nSPS) is 15.9. The molecule has 0 amide bonds. The predicted octanol–water partition coefficient (Wildman–Crippen LogP) is 0.977. The van der Waals surface area contributed by atoms with Crippen molar-refractivity contribution in [1.82, 2.24) is 29.4 Å². The van der Waals surface area contributed by atoms with E-state index in [0.29, 0.717) is 0 Å². The Morgan fingerprint density at radius 3 is 2.48 bits per heavy atom. The highest BCUT2D eigenvalue weighted by molar-refractivity contribution is 7.80.